The fourth-order valence-corrected chi connectivity index (χ4v) is 2.98. The molecule has 1 heterocycles. The maximum atomic E-state index is 12.8. The van der Waals surface area contributed by atoms with E-state index >= 15 is 0 Å². The highest BCUT2D eigenvalue weighted by Gasteiger charge is 2.36. The molecule has 1 amide bonds. The van der Waals surface area contributed by atoms with E-state index in [9.17, 15) is 4.79 Å². The second kappa shape index (κ2) is 6.58. The Labute approximate surface area is 128 Å². The Bertz CT molecular complexity index is 493. The zero-order valence-electron chi connectivity index (χ0n) is 13.6. The number of nitrogens with zero attached hydrogens (tertiary/aromatic N) is 2. The number of benzene rings is 1. The van der Waals surface area contributed by atoms with Crippen LogP contribution in [0.3, 0.4) is 0 Å². The minimum atomic E-state index is -0.444. The van der Waals surface area contributed by atoms with E-state index in [4.69, 9.17) is 0 Å². The maximum absolute atomic E-state index is 12.8. The molecule has 4 nitrogen and oxygen atoms in total. The third-order valence-corrected chi connectivity index (χ3v) is 4.28. The summed E-state index contributed by atoms with van der Waals surface area (Å²) in [5.41, 5.74) is 1.97. The molecular weight excluding hydrogens is 262 g/mol. The van der Waals surface area contributed by atoms with Crippen molar-refractivity contribution in [3.63, 3.8) is 0 Å². The number of amides is 1. The first kappa shape index (κ1) is 16.0. The normalized spacial score (nSPS) is 16.8. The summed E-state index contributed by atoms with van der Waals surface area (Å²) in [4.78, 5) is 16.9. The van der Waals surface area contributed by atoms with Crippen LogP contribution in [0.4, 0.5) is 0 Å². The van der Waals surface area contributed by atoms with Crippen molar-refractivity contribution in [1.82, 2.24) is 15.1 Å². The van der Waals surface area contributed by atoms with Crippen molar-refractivity contribution in [2.75, 3.05) is 33.2 Å². The summed E-state index contributed by atoms with van der Waals surface area (Å²) in [6.45, 7) is 10.6. The van der Waals surface area contributed by atoms with Gasteiger partial charge in [0.05, 0.1) is 5.54 Å². The minimum Gasteiger partial charge on any atom is -0.340 e. The predicted octanol–water partition coefficient (Wildman–Crippen LogP) is 1.64. The number of nitrogens with one attached hydrogen (secondary N) is 1. The molecule has 0 aromatic heterocycles. The van der Waals surface area contributed by atoms with E-state index in [0.717, 1.165) is 26.2 Å². The molecule has 0 atom stereocenters. The van der Waals surface area contributed by atoms with E-state index in [-0.39, 0.29) is 5.91 Å². The average Bonchev–Trinajstić information content (AvgIpc) is 2.47. The molecule has 0 aliphatic carbocycles. The molecule has 1 aromatic rings. The molecule has 1 fully saturated rings. The van der Waals surface area contributed by atoms with Crippen LogP contribution in [0, 0.1) is 6.92 Å². The summed E-state index contributed by atoms with van der Waals surface area (Å²) in [7, 11) is 1.90. The van der Waals surface area contributed by atoms with Crippen molar-refractivity contribution >= 4 is 5.91 Å². The smallest absolute Gasteiger partial charge is 0.242 e. The van der Waals surface area contributed by atoms with Crippen molar-refractivity contribution in [1.29, 1.82) is 0 Å². The van der Waals surface area contributed by atoms with Crippen LogP contribution >= 0.6 is 0 Å². The molecule has 0 unspecified atom stereocenters. The second-order valence-corrected chi connectivity index (χ2v) is 6.45. The molecule has 1 aromatic carbocycles. The van der Waals surface area contributed by atoms with Crippen molar-refractivity contribution < 1.29 is 4.79 Å². The number of piperazine rings is 1. The van der Waals surface area contributed by atoms with Gasteiger partial charge in [-0.3, -0.25) is 9.69 Å². The molecule has 4 heteroatoms. The van der Waals surface area contributed by atoms with Crippen LogP contribution in [-0.4, -0.2) is 54.5 Å². The lowest BCUT2D eigenvalue weighted by Gasteiger charge is -2.41. The third kappa shape index (κ3) is 3.83. The van der Waals surface area contributed by atoms with Crippen LogP contribution in [0.5, 0.6) is 0 Å². The van der Waals surface area contributed by atoms with E-state index in [1.165, 1.54) is 11.1 Å². The quantitative estimate of drug-likeness (QED) is 0.915. The number of carbonyl (C=O) groups excluding carboxylic acids is 1. The molecule has 0 spiro atoms. The van der Waals surface area contributed by atoms with Crippen LogP contribution < -0.4 is 5.32 Å². The summed E-state index contributed by atoms with van der Waals surface area (Å²) in [5, 5.41) is 3.33. The molecule has 1 aliphatic rings. The minimum absolute atomic E-state index is 0.186. The van der Waals surface area contributed by atoms with E-state index in [0.29, 0.717) is 6.54 Å². The van der Waals surface area contributed by atoms with E-state index in [1.807, 2.05) is 31.9 Å². The molecule has 116 valence electrons. The number of hydrogen-bond acceptors (Lipinski definition) is 3. The van der Waals surface area contributed by atoms with Crippen LogP contribution in [0.25, 0.3) is 0 Å². The second-order valence-electron chi connectivity index (χ2n) is 6.45. The van der Waals surface area contributed by atoms with Crippen LogP contribution in [0.2, 0.25) is 0 Å². The molecule has 1 saturated heterocycles. The topological polar surface area (TPSA) is 35.6 Å². The van der Waals surface area contributed by atoms with Crippen LogP contribution in [-0.2, 0) is 11.3 Å². The lowest BCUT2D eigenvalue weighted by atomic mass is 9.99. The van der Waals surface area contributed by atoms with Gasteiger partial charge >= 0.3 is 0 Å². The summed E-state index contributed by atoms with van der Waals surface area (Å²) in [6, 6.07) is 8.34. The summed E-state index contributed by atoms with van der Waals surface area (Å²) >= 11 is 0. The Balaban J connectivity index is 2.03. The van der Waals surface area contributed by atoms with E-state index < -0.39 is 5.54 Å². The zero-order valence-corrected chi connectivity index (χ0v) is 13.6. The fraction of sp³-hybridized carbons (Fsp3) is 0.588. The van der Waals surface area contributed by atoms with Crippen molar-refractivity contribution in [3.8, 4) is 0 Å². The number of likely N-dealkylation sites (N-methyl/N-ethyl adjacent to an activating group) is 1. The maximum Gasteiger partial charge on any atom is 0.242 e. The molecule has 1 aliphatic heterocycles. The standard InChI is InChI=1S/C17H27N3O/c1-14-6-5-7-15(12-14)13-19(4)16(21)17(2,3)20-10-8-18-9-11-20/h5-7,12,18H,8-11,13H2,1-4H3. The molecule has 0 bridgehead atoms. The largest absolute Gasteiger partial charge is 0.340 e. The van der Waals surface area contributed by atoms with Crippen molar-refractivity contribution in [2.24, 2.45) is 0 Å². The Morgan fingerprint density at radius 2 is 2.00 bits per heavy atom. The van der Waals surface area contributed by atoms with Crippen LogP contribution in [0.15, 0.2) is 24.3 Å². The van der Waals surface area contributed by atoms with Gasteiger partial charge in [-0.2, -0.15) is 0 Å². The lowest BCUT2D eigenvalue weighted by Crippen LogP contribution is -2.60. The van der Waals surface area contributed by atoms with Gasteiger partial charge in [0.2, 0.25) is 5.91 Å². The highest BCUT2D eigenvalue weighted by molar-refractivity contribution is 5.85. The number of hydrogen-bond donors (Lipinski definition) is 1. The first-order valence-electron chi connectivity index (χ1n) is 7.68. The lowest BCUT2D eigenvalue weighted by molar-refractivity contribution is -0.142. The first-order chi connectivity index (χ1) is 9.91. The van der Waals surface area contributed by atoms with Crippen molar-refractivity contribution in [3.05, 3.63) is 35.4 Å². The van der Waals surface area contributed by atoms with Gasteiger partial charge in [0, 0.05) is 39.8 Å². The first-order valence-corrected chi connectivity index (χ1v) is 7.68. The SMILES string of the molecule is Cc1cccc(CN(C)C(=O)C(C)(C)N2CCNCC2)c1. The van der Waals surface area contributed by atoms with E-state index in [2.05, 4.69) is 35.3 Å². The van der Waals surface area contributed by atoms with Gasteiger partial charge in [0.25, 0.3) is 0 Å². The predicted molar refractivity (Wildman–Crippen MR) is 86.2 cm³/mol. The number of aryl methyl sites for hydroxylation is 1. The molecular formula is C17H27N3O. The summed E-state index contributed by atoms with van der Waals surface area (Å²) < 4.78 is 0. The zero-order chi connectivity index (χ0) is 15.5. The Hall–Kier alpha value is -1.39. The van der Waals surface area contributed by atoms with Gasteiger partial charge in [-0.1, -0.05) is 29.8 Å². The summed E-state index contributed by atoms with van der Waals surface area (Å²) in [6.07, 6.45) is 0. The molecule has 1 N–H and O–H groups in total. The molecule has 2 rings (SSSR count). The Kier molecular flexibility index (Phi) is 5.01. The van der Waals surface area contributed by atoms with Crippen molar-refractivity contribution in [2.45, 2.75) is 32.9 Å². The highest BCUT2D eigenvalue weighted by atomic mass is 16.2. The third-order valence-electron chi connectivity index (χ3n) is 4.28. The average molecular weight is 289 g/mol. The number of carbonyl (C=O) groups is 1. The highest BCUT2D eigenvalue weighted by Crippen LogP contribution is 2.19. The van der Waals surface area contributed by atoms with Gasteiger partial charge in [-0.25, -0.2) is 0 Å². The molecule has 0 radical (unpaired) electrons. The van der Waals surface area contributed by atoms with Gasteiger partial charge in [0.1, 0.15) is 0 Å². The van der Waals surface area contributed by atoms with Crippen LogP contribution in [0.1, 0.15) is 25.0 Å². The van der Waals surface area contributed by atoms with E-state index in [1.54, 1.807) is 0 Å². The van der Waals surface area contributed by atoms with Gasteiger partial charge in [-0.05, 0) is 26.3 Å². The molecule has 0 saturated carbocycles. The monoisotopic (exact) mass is 289 g/mol. The fourth-order valence-electron chi connectivity index (χ4n) is 2.98. The summed E-state index contributed by atoms with van der Waals surface area (Å²) in [5.74, 6) is 0.186. The van der Waals surface area contributed by atoms with Gasteiger partial charge < -0.3 is 10.2 Å². The van der Waals surface area contributed by atoms with Gasteiger partial charge in [0.15, 0.2) is 0 Å². The number of rotatable bonds is 4. The molecule has 21 heavy (non-hydrogen) atoms. The Morgan fingerprint density at radius 3 is 2.62 bits per heavy atom. The Morgan fingerprint density at radius 1 is 1.33 bits per heavy atom. The van der Waals surface area contributed by atoms with Gasteiger partial charge in [-0.15, -0.1) is 0 Å².